The van der Waals surface area contributed by atoms with Gasteiger partial charge in [0.15, 0.2) is 5.43 Å². The van der Waals surface area contributed by atoms with Gasteiger partial charge in [-0.25, -0.2) is 9.18 Å². The molecule has 1 heterocycles. The van der Waals surface area contributed by atoms with Gasteiger partial charge in [-0.2, -0.15) is 0 Å². The van der Waals surface area contributed by atoms with Gasteiger partial charge in [0.25, 0.3) is 0 Å². The van der Waals surface area contributed by atoms with Crippen molar-refractivity contribution < 1.29 is 24.1 Å². The van der Waals surface area contributed by atoms with Crippen LogP contribution in [0.3, 0.4) is 0 Å². The van der Waals surface area contributed by atoms with E-state index >= 15 is 0 Å². The SMILES string of the molecule is CC[C@@H](CCO)n1c(C(=O)O)cc(=O)c2cc(Cc3cccc(Cl)c3F)c(OC(C)C)cc21. The fourth-order valence-electron chi connectivity index (χ4n) is 4.03. The number of aliphatic hydroxyl groups excluding tert-OH is 1. The number of hydrogen-bond donors (Lipinski definition) is 2. The van der Waals surface area contributed by atoms with Crippen molar-refractivity contribution in [1.82, 2.24) is 4.57 Å². The van der Waals surface area contributed by atoms with Crippen LogP contribution in [0.15, 0.2) is 41.2 Å². The second-order valence-electron chi connectivity index (χ2n) is 8.18. The molecule has 0 amide bonds. The van der Waals surface area contributed by atoms with Crippen LogP contribution in [0.4, 0.5) is 4.39 Å². The minimum absolute atomic E-state index is 0.00265. The molecule has 3 aromatic rings. The van der Waals surface area contributed by atoms with Gasteiger partial charge in [-0.3, -0.25) is 4.79 Å². The number of carbonyl (C=O) groups is 1. The van der Waals surface area contributed by atoms with Crippen molar-refractivity contribution in [2.45, 2.75) is 52.2 Å². The average molecular weight is 476 g/mol. The Morgan fingerprint density at radius 2 is 1.94 bits per heavy atom. The van der Waals surface area contributed by atoms with Crippen LogP contribution in [-0.4, -0.2) is 33.5 Å². The largest absolute Gasteiger partial charge is 0.491 e. The molecule has 0 aliphatic carbocycles. The molecule has 0 radical (unpaired) electrons. The van der Waals surface area contributed by atoms with Crippen molar-refractivity contribution in [2.24, 2.45) is 0 Å². The number of halogens is 2. The van der Waals surface area contributed by atoms with Crippen LogP contribution in [0.5, 0.6) is 5.75 Å². The molecule has 1 aromatic heterocycles. The smallest absolute Gasteiger partial charge is 0.352 e. The third-order valence-corrected chi connectivity index (χ3v) is 5.82. The van der Waals surface area contributed by atoms with Crippen LogP contribution >= 0.6 is 11.6 Å². The number of hydrogen-bond acceptors (Lipinski definition) is 4. The summed E-state index contributed by atoms with van der Waals surface area (Å²) in [6, 6.07) is 8.75. The van der Waals surface area contributed by atoms with Crippen LogP contribution in [0.1, 0.15) is 61.3 Å². The first-order chi connectivity index (χ1) is 15.7. The summed E-state index contributed by atoms with van der Waals surface area (Å²) in [5, 5.41) is 19.6. The summed E-state index contributed by atoms with van der Waals surface area (Å²) in [5.41, 5.74) is 0.716. The summed E-state index contributed by atoms with van der Waals surface area (Å²) in [6.45, 7) is 5.44. The van der Waals surface area contributed by atoms with E-state index in [9.17, 15) is 24.2 Å². The van der Waals surface area contributed by atoms with Crippen LogP contribution < -0.4 is 10.2 Å². The van der Waals surface area contributed by atoms with Crippen LogP contribution in [-0.2, 0) is 6.42 Å². The number of aromatic carboxylic acids is 1. The van der Waals surface area contributed by atoms with Crippen LogP contribution in [0.25, 0.3) is 10.9 Å². The highest BCUT2D eigenvalue weighted by Gasteiger charge is 2.22. The fraction of sp³-hybridized carbons (Fsp3) is 0.360. The summed E-state index contributed by atoms with van der Waals surface area (Å²) in [4.78, 5) is 24.9. The molecule has 33 heavy (non-hydrogen) atoms. The third-order valence-electron chi connectivity index (χ3n) is 5.52. The molecule has 0 saturated heterocycles. The first-order valence-corrected chi connectivity index (χ1v) is 11.2. The Hall–Kier alpha value is -2.90. The van der Waals surface area contributed by atoms with Crippen LogP contribution in [0.2, 0.25) is 5.02 Å². The van der Waals surface area contributed by atoms with E-state index in [0.717, 1.165) is 6.07 Å². The van der Waals surface area contributed by atoms with Gasteiger partial charge in [0.2, 0.25) is 0 Å². The van der Waals surface area contributed by atoms with Crippen molar-refractivity contribution in [3.63, 3.8) is 0 Å². The highest BCUT2D eigenvalue weighted by Crippen LogP contribution is 2.32. The van der Waals surface area contributed by atoms with E-state index < -0.39 is 17.2 Å². The lowest BCUT2D eigenvalue weighted by Gasteiger charge is -2.25. The zero-order valence-electron chi connectivity index (χ0n) is 18.8. The quantitative estimate of drug-likeness (QED) is 0.444. The second-order valence-corrected chi connectivity index (χ2v) is 8.58. The lowest BCUT2D eigenvalue weighted by Crippen LogP contribution is -2.23. The molecule has 2 aromatic carbocycles. The number of aliphatic hydroxyl groups is 1. The Kier molecular flexibility index (Phi) is 7.76. The summed E-state index contributed by atoms with van der Waals surface area (Å²) in [5.74, 6) is -1.35. The minimum atomic E-state index is -1.23. The van der Waals surface area contributed by atoms with Gasteiger partial charge in [-0.05, 0) is 49.9 Å². The number of carboxylic acid groups (broad SMARTS) is 1. The maximum Gasteiger partial charge on any atom is 0.352 e. The van der Waals surface area contributed by atoms with E-state index in [1.807, 2.05) is 20.8 Å². The molecule has 0 aliphatic heterocycles. The average Bonchev–Trinajstić information content (AvgIpc) is 2.75. The number of rotatable bonds is 9. The molecule has 0 spiro atoms. The van der Waals surface area contributed by atoms with E-state index in [4.69, 9.17) is 16.3 Å². The zero-order chi connectivity index (χ0) is 24.3. The highest BCUT2D eigenvalue weighted by molar-refractivity contribution is 6.30. The standard InChI is InChI=1S/C25H27ClFNO5/c1-4-17(8-9-29)28-20-13-23(33-14(2)3)16(10-15-6-5-7-19(26)24(15)27)11-18(20)22(30)12-21(28)25(31)32/h5-7,11-14,17,29H,4,8-10H2,1-3H3,(H,31,32)/t17-/m0/s1. The van der Waals surface area contributed by atoms with Gasteiger partial charge in [-0.15, -0.1) is 0 Å². The Labute approximate surface area is 196 Å². The molecule has 176 valence electrons. The Morgan fingerprint density at radius 1 is 1.21 bits per heavy atom. The van der Waals surface area contributed by atoms with E-state index in [-0.39, 0.29) is 35.9 Å². The van der Waals surface area contributed by atoms with Crippen molar-refractivity contribution in [2.75, 3.05) is 6.61 Å². The lowest BCUT2D eigenvalue weighted by molar-refractivity contribution is 0.0680. The van der Waals surface area contributed by atoms with Gasteiger partial charge in [0, 0.05) is 36.6 Å². The van der Waals surface area contributed by atoms with E-state index in [1.165, 1.54) is 6.07 Å². The lowest BCUT2D eigenvalue weighted by atomic mass is 9.99. The zero-order valence-corrected chi connectivity index (χ0v) is 19.5. The fourth-order valence-corrected chi connectivity index (χ4v) is 4.22. The number of fused-ring (bicyclic) bond motifs is 1. The summed E-state index contributed by atoms with van der Waals surface area (Å²) >= 11 is 5.94. The van der Waals surface area contributed by atoms with Crippen LogP contribution in [0, 0.1) is 5.82 Å². The molecule has 0 saturated carbocycles. The summed E-state index contributed by atoms with van der Waals surface area (Å²) in [6.07, 6.45) is 0.796. The number of benzene rings is 2. The maximum absolute atomic E-state index is 14.6. The van der Waals surface area contributed by atoms with E-state index in [0.29, 0.717) is 40.6 Å². The number of nitrogens with zero attached hydrogens (tertiary/aromatic N) is 1. The first kappa shape index (κ1) is 24.7. The monoisotopic (exact) mass is 475 g/mol. The molecule has 2 N–H and O–H groups in total. The Balaban J connectivity index is 2.33. The molecular formula is C25H27ClFNO5. The van der Waals surface area contributed by atoms with Gasteiger partial charge >= 0.3 is 5.97 Å². The minimum Gasteiger partial charge on any atom is -0.491 e. The van der Waals surface area contributed by atoms with Crippen molar-refractivity contribution in [3.8, 4) is 5.75 Å². The molecule has 1 atom stereocenters. The predicted molar refractivity (Wildman–Crippen MR) is 126 cm³/mol. The maximum atomic E-state index is 14.6. The van der Waals surface area contributed by atoms with Gasteiger partial charge in [0.1, 0.15) is 17.3 Å². The molecule has 0 aliphatic rings. The van der Waals surface area contributed by atoms with E-state index in [2.05, 4.69) is 0 Å². The van der Waals surface area contributed by atoms with Gasteiger partial charge < -0.3 is 19.5 Å². The normalized spacial score (nSPS) is 12.3. The van der Waals surface area contributed by atoms with Crippen molar-refractivity contribution >= 4 is 28.5 Å². The number of pyridine rings is 1. The van der Waals surface area contributed by atoms with Gasteiger partial charge in [0.05, 0.1) is 16.6 Å². The molecule has 0 bridgehead atoms. The predicted octanol–water partition coefficient (Wildman–Crippen LogP) is 5.20. The van der Waals surface area contributed by atoms with E-state index in [1.54, 1.807) is 28.8 Å². The Bertz CT molecular complexity index is 1240. The summed E-state index contributed by atoms with van der Waals surface area (Å²) in [7, 11) is 0. The molecule has 3 rings (SSSR count). The molecule has 6 nitrogen and oxygen atoms in total. The highest BCUT2D eigenvalue weighted by atomic mass is 35.5. The topological polar surface area (TPSA) is 88.8 Å². The third kappa shape index (κ3) is 5.20. The number of aromatic nitrogens is 1. The number of carboxylic acids is 1. The van der Waals surface area contributed by atoms with Crippen molar-refractivity contribution in [1.29, 1.82) is 0 Å². The second kappa shape index (κ2) is 10.4. The Morgan fingerprint density at radius 3 is 2.55 bits per heavy atom. The number of ether oxygens (including phenoxy) is 1. The molecule has 0 unspecified atom stereocenters. The molecule has 0 fully saturated rings. The molecule has 8 heteroatoms. The first-order valence-electron chi connectivity index (χ1n) is 10.8. The summed E-state index contributed by atoms with van der Waals surface area (Å²) < 4.78 is 22.2. The molecular weight excluding hydrogens is 449 g/mol. The van der Waals surface area contributed by atoms with Crippen molar-refractivity contribution in [3.05, 3.63) is 74.3 Å². The van der Waals surface area contributed by atoms with Gasteiger partial charge in [-0.1, -0.05) is 30.7 Å².